The molecular formula is C17H23NO4. The average molecular weight is 305 g/mol. The summed E-state index contributed by atoms with van der Waals surface area (Å²) in [5.41, 5.74) is 0.769. The Bertz CT molecular complexity index is 521. The van der Waals surface area contributed by atoms with E-state index >= 15 is 0 Å². The van der Waals surface area contributed by atoms with Crippen molar-refractivity contribution in [2.75, 3.05) is 13.7 Å². The first kappa shape index (κ1) is 15.5. The number of benzene rings is 1. The topological polar surface area (TPSA) is 70.0 Å². The van der Waals surface area contributed by atoms with Crippen molar-refractivity contribution in [3.05, 3.63) is 35.9 Å². The van der Waals surface area contributed by atoms with Gasteiger partial charge >= 0.3 is 5.97 Å². The van der Waals surface area contributed by atoms with Gasteiger partial charge in [-0.3, -0.25) is 9.69 Å². The Kier molecular flexibility index (Phi) is 4.47. The Morgan fingerprint density at radius 3 is 2.68 bits per heavy atom. The van der Waals surface area contributed by atoms with Crippen molar-refractivity contribution in [2.24, 2.45) is 0 Å². The van der Waals surface area contributed by atoms with Crippen LogP contribution in [0, 0.1) is 0 Å². The predicted molar refractivity (Wildman–Crippen MR) is 81.3 cm³/mol. The molecule has 2 bridgehead atoms. The number of hydrogen-bond donors (Lipinski definition) is 2. The Morgan fingerprint density at radius 2 is 2.05 bits per heavy atom. The van der Waals surface area contributed by atoms with E-state index in [9.17, 15) is 15.0 Å². The first-order valence-electron chi connectivity index (χ1n) is 7.86. The molecule has 0 aliphatic carbocycles. The van der Waals surface area contributed by atoms with Gasteiger partial charge in [0.05, 0.1) is 12.7 Å². The van der Waals surface area contributed by atoms with Crippen LogP contribution in [0.25, 0.3) is 0 Å². The van der Waals surface area contributed by atoms with Crippen molar-refractivity contribution in [3.63, 3.8) is 0 Å². The number of aliphatic hydroxyl groups excluding tert-OH is 2. The Morgan fingerprint density at radius 1 is 1.32 bits per heavy atom. The zero-order valence-electron chi connectivity index (χ0n) is 12.8. The largest absolute Gasteiger partial charge is 0.462 e. The summed E-state index contributed by atoms with van der Waals surface area (Å²) in [7, 11) is 2.02. The molecule has 0 spiro atoms. The Labute approximate surface area is 130 Å². The standard InChI is InChI=1S/C17H23NO4/c1-18-12-7-13(9-15(18)16(20)8-12)22-17(21)14(10-19)11-5-3-2-4-6-11/h2-6,12-16,19-20H,7-10H2,1H3/t12-,13-,14+,15+,16+/m0/s1. The van der Waals surface area contributed by atoms with Gasteiger partial charge in [-0.2, -0.15) is 0 Å². The molecule has 2 aliphatic heterocycles. The van der Waals surface area contributed by atoms with Gasteiger partial charge in [-0.15, -0.1) is 0 Å². The maximum atomic E-state index is 12.4. The van der Waals surface area contributed by atoms with Crippen LogP contribution < -0.4 is 0 Å². The molecule has 2 fully saturated rings. The van der Waals surface area contributed by atoms with Crippen LogP contribution in [0.3, 0.4) is 0 Å². The molecule has 0 amide bonds. The summed E-state index contributed by atoms with van der Waals surface area (Å²) in [5, 5.41) is 19.6. The molecule has 5 heteroatoms. The lowest BCUT2D eigenvalue weighted by atomic mass is 9.98. The molecular weight excluding hydrogens is 282 g/mol. The lowest BCUT2D eigenvalue weighted by Crippen LogP contribution is -2.45. The van der Waals surface area contributed by atoms with E-state index < -0.39 is 5.92 Å². The van der Waals surface area contributed by atoms with Crippen LogP contribution in [0.5, 0.6) is 0 Å². The van der Waals surface area contributed by atoms with Gasteiger partial charge in [0.25, 0.3) is 0 Å². The fourth-order valence-corrected chi connectivity index (χ4v) is 3.74. The van der Waals surface area contributed by atoms with Gasteiger partial charge in [0.15, 0.2) is 0 Å². The zero-order chi connectivity index (χ0) is 15.7. The van der Waals surface area contributed by atoms with Crippen molar-refractivity contribution in [3.8, 4) is 0 Å². The van der Waals surface area contributed by atoms with Gasteiger partial charge in [-0.05, 0) is 19.0 Å². The van der Waals surface area contributed by atoms with Crippen LogP contribution in [0.15, 0.2) is 30.3 Å². The SMILES string of the molecule is CN1[C@H]2C[C@H](OC(=O)[C@H](CO)c3ccccc3)C[C@@H]1[C@H](O)C2. The summed E-state index contributed by atoms with van der Waals surface area (Å²) < 4.78 is 5.64. The van der Waals surface area contributed by atoms with Crippen LogP contribution in [0.4, 0.5) is 0 Å². The number of ether oxygens (including phenoxy) is 1. The monoisotopic (exact) mass is 305 g/mol. The maximum absolute atomic E-state index is 12.4. The smallest absolute Gasteiger partial charge is 0.316 e. The molecule has 0 aromatic heterocycles. The van der Waals surface area contributed by atoms with Gasteiger partial charge in [0, 0.05) is 24.9 Å². The highest BCUT2D eigenvalue weighted by atomic mass is 16.5. The summed E-state index contributed by atoms with van der Waals surface area (Å²) >= 11 is 0. The van der Waals surface area contributed by atoms with Crippen molar-refractivity contribution in [1.82, 2.24) is 4.90 Å². The molecule has 22 heavy (non-hydrogen) atoms. The number of aliphatic hydroxyl groups is 2. The van der Waals surface area contributed by atoms with E-state index in [1.165, 1.54) is 0 Å². The van der Waals surface area contributed by atoms with Crippen LogP contribution in [0.2, 0.25) is 0 Å². The third-order valence-electron chi connectivity index (χ3n) is 5.05. The molecule has 0 radical (unpaired) electrons. The van der Waals surface area contributed by atoms with Gasteiger partial charge in [-0.25, -0.2) is 0 Å². The lowest BCUT2D eigenvalue weighted by molar-refractivity contribution is -0.155. The Hall–Kier alpha value is -1.43. The number of fused-ring (bicyclic) bond motifs is 2. The van der Waals surface area contributed by atoms with Crippen molar-refractivity contribution >= 4 is 5.97 Å². The number of esters is 1. The summed E-state index contributed by atoms with van der Waals surface area (Å²) in [6.45, 7) is -0.259. The number of nitrogens with zero attached hydrogens (tertiary/aromatic N) is 1. The number of rotatable bonds is 4. The highest BCUT2D eigenvalue weighted by Crippen LogP contribution is 2.36. The second kappa shape index (κ2) is 6.36. The third-order valence-corrected chi connectivity index (χ3v) is 5.05. The van der Waals surface area contributed by atoms with Crippen molar-refractivity contribution in [1.29, 1.82) is 0 Å². The first-order valence-corrected chi connectivity index (χ1v) is 7.86. The van der Waals surface area contributed by atoms with Crippen molar-refractivity contribution in [2.45, 2.75) is 49.5 Å². The molecule has 0 unspecified atom stereocenters. The van der Waals surface area contributed by atoms with Gasteiger partial charge in [0.1, 0.15) is 12.0 Å². The number of likely N-dealkylation sites (N-methyl/N-ethyl adjacent to an activating group) is 1. The van der Waals surface area contributed by atoms with E-state index in [4.69, 9.17) is 4.74 Å². The van der Waals surface area contributed by atoms with E-state index in [0.717, 1.165) is 18.4 Å². The number of hydrogen-bond acceptors (Lipinski definition) is 5. The summed E-state index contributed by atoms with van der Waals surface area (Å²) in [5.74, 6) is -1.01. The second-order valence-electron chi connectivity index (χ2n) is 6.37. The lowest BCUT2D eigenvalue weighted by Gasteiger charge is -2.36. The predicted octanol–water partition coefficient (Wildman–Crippen LogP) is 0.902. The minimum atomic E-state index is -0.636. The molecule has 1 aromatic rings. The second-order valence-corrected chi connectivity index (χ2v) is 6.37. The molecule has 5 atom stereocenters. The average Bonchev–Trinajstić information content (AvgIpc) is 2.68. The molecule has 2 aliphatic rings. The van der Waals surface area contributed by atoms with Gasteiger partial charge < -0.3 is 14.9 Å². The van der Waals surface area contributed by atoms with Crippen LogP contribution in [0.1, 0.15) is 30.7 Å². The molecule has 5 nitrogen and oxygen atoms in total. The van der Waals surface area contributed by atoms with Crippen LogP contribution >= 0.6 is 0 Å². The minimum absolute atomic E-state index is 0.0702. The third kappa shape index (κ3) is 2.89. The summed E-state index contributed by atoms with van der Waals surface area (Å²) in [6, 6.07) is 9.56. The summed E-state index contributed by atoms with van der Waals surface area (Å²) in [6.07, 6.45) is 1.66. The van der Waals surface area contributed by atoms with E-state index in [2.05, 4.69) is 4.90 Å². The van der Waals surface area contributed by atoms with Crippen LogP contribution in [-0.4, -0.2) is 59.0 Å². The molecule has 0 saturated carbocycles. The maximum Gasteiger partial charge on any atom is 0.316 e. The van der Waals surface area contributed by atoms with Crippen molar-refractivity contribution < 1.29 is 19.7 Å². The number of carbonyl (C=O) groups excluding carboxylic acids is 1. The summed E-state index contributed by atoms with van der Waals surface area (Å²) in [4.78, 5) is 14.6. The van der Waals surface area contributed by atoms with Gasteiger partial charge in [0.2, 0.25) is 0 Å². The van der Waals surface area contributed by atoms with E-state index in [0.29, 0.717) is 6.42 Å². The fraction of sp³-hybridized carbons (Fsp3) is 0.588. The molecule has 2 heterocycles. The molecule has 2 N–H and O–H groups in total. The fourth-order valence-electron chi connectivity index (χ4n) is 3.74. The first-order chi connectivity index (χ1) is 10.6. The highest BCUT2D eigenvalue weighted by molar-refractivity contribution is 5.78. The quantitative estimate of drug-likeness (QED) is 0.809. The van der Waals surface area contributed by atoms with E-state index in [-0.39, 0.29) is 36.9 Å². The van der Waals surface area contributed by atoms with Gasteiger partial charge in [-0.1, -0.05) is 30.3 Å². The normalized spacial score (nSPS) is 32.7. The van der Waals surface area contributed by atoms with Crippen LogP contribution in [-0.2, 0) is 9.53 Å². The highest BCUT2D eigenvalue weighted by Gasteiger charge is 2.45. The van der Waals surface area contributed by atoms with E-state index in [1.54, 1.807) is 0 Å². The molecule has 2 saturated heterocycles. The molecule has 3 rings (SSSR count). The Balaban J connectivity index is 1.65. The minimum Gasteiger partial charge on any atom is -0.462 e. The zero-order valence-corrected chi connectivity index (χ0v) is 12.8. The molecule has 1 aromatic carbocycles. The molecule has 120 valence electrons. The number of carbonyl (C=O) groups is 1. The van der Waals surface area contributed by atoms with E-state index in [1.807, 2.05) is 37.4 Å². The number of piperidine rings is 1.